The molecule has 0 unspecified atom stereocenters. The van der Waals surface area contributed by atoms with E-state index in [9.17, 15) is 4.79 Å². The van der Waals surface area contributed by atoms with Crippen molar-refractivity contribution >= 4 is 22.6 Å². The Morgan fingerprint density at radius 1 is 1.20 bits per heavy atom. The third-order valence-electron chi connectivity index (χ3n) is 5.02. The molecule has 3 aromatic rings. The van der Waals surface area contributed by atoms with Crippen LogP contribution in [0.5, 0.6) is 5.88 Å². The number of amides is 1. The normalized spacial score (nSPS) is 14.5. The number of hydrogen-bond donors (Lipinski definition) is 1. The summed E-state index contributed by atoms with van der Waals surface area (Å²) in [7, 11) is 1.54. The molecule has 1 saturated heterocycles. The molecule has 30 heavy (non-hydrogen) atoms. The average molecular weight is 410 g/mol. The van der Waals surface area contributed by atoms with Crippen LogP contribution in [0.2, 0.25) is 0 Å². The van der Waals surface area contributed by atoms with E-state index >= 15 is 0 Å². The zero-order valence-corrected chi connectivity index (χ0v) is 17.5. The number of ether oxygens (including phenoxy) is 2. The summed E-state index contributed by atoms with van der Waals surface area (Å²) in [6.45, 7) is 6.83. The second kappa shape index (κ2) is 8.66. The lowest BCUT2D eigenvalue weighted by Crippen LogP contribution is -2.49. The van der Waals surface area contributed by atoms with Gasteiger partial charge in [0.15, 0.2) is 0 Å². The number of aromatic amines is 1. The van der Waals surface area contributed by atoms with E-state index < -0.39 is 0 Å². The molecule has 4 rings (SSSR count). The summed E-state index contributed by atoms with van der Waals surface area (Å²) in [5, 5.41) is 8.48. The van der Waals surface area contributed by atoms with E-state index in [4.69, 9.17) is 9.47 Å². The van der Waals surface area contributed by atoms with E-state index in [1.807, 2.05) is 36.9 Å². The van der Waals surface area contributed by atoms with Crippen molar-refractivity contribution in [3.8, 4) is 17.1 Å². The van der Waals surface area contributed by atoms with Crippen molar-refractivity contribution in [3.05, 3.63) is 30.6 Å². The number of piperazine rings is 1. The zero-order chi connectivity index (χ0) is 21.1. The Morgan fingerprint density at radius 2 is 2.00 bits per heavy atom. The third-order valence-corrected chi connectivity index (χ3v) is 5.02. The first-order valence-corrected chi connectivity index (χ1v) is 10.0. The Bertz CT molecular complexity index is 1030. The summed E-state index contributed by atoms with van der Waals surface area (Å²) in [5.74, 6) is 1.47. The summed E-state index contributed by atoms with van der Waals surface area (Å²) in [6.07, 6.45) is 3.58. The van der Waals surface area contributed by atoms with Gasteiger partial charge in [0, 0.05) is 56.5 Å². The van der Waals surface area contributed by atoms with Gasteiger partial charge in [0.1, 0.15) is 18.1 Å². The Balaban J connectivity index is 1.55. The summed E-state index contributed by atoms with van der Waals surface area (Å²) < 4.78 is 10.7. The van der Waals surface area contributed by atoms with Crippen molar-refractivity contribution in [3.63, 3.8) is 0 Å². The van der Waals surface area contributed by atoms with Gasteiger partial charge in [0.2, 0.25) is 11.8 Å². The molecule has 9 heteroatoms. The molecule has 0 bridgehead atoms. The van der Waals surface area contributed by atoms with Crippen LogP contribution >= 0.6 is 0 Å². The number of nitrogens with zero attached hydrogens (tertiary/aromatic N) is 5. The van der Waals surface area contributed by atoms with Crippen molar-refractivity contribution in [2.24, 2.45) is 0 Å². The first-order chi connectivity index (χ1) is 14.5. The lowest BCUT2D eigenvalue weighted by molar-refractivity contribution is -0.135. The van der Waals surface area contributed by atoms with Crippen molar-refractivity contribution in [2.75, 3.05) is 44.8 Å². The smallest absolute Gasteiger partial charge is 0.248 e. The summed E-state index contributed by atoms with van der Waals surface area (Å²) in [6, 6.07) is 5.89. The van der Waals surface area contributed by atoms with Crippen LogP contribution in [0.25, 0.3) is 22.2 Å². The van der Waals surface area contributed by atoms with E-state index in [0.29, 0.717) is 19.0 Å². The first-order valence-electron chi connectivity index (χ1n) is 10.0. The molecule has 1 aliphatic rings. The van der Waals surface area contributed by atoms with Crippen molar-refractivity contribution in [1.82, 2.24) is 25.1 Å². The minimum Gasteiger partial charge on any atom is -0.475 e. The Labute approximate surface area is 175 Å². The molecule has 0 radical (unpaired) electrons. The molecule has 0 saturated carbocycles. The highest BCUT2D eigenvalue weighted by molar-refractivity contribution is 5.93. The van der Waals surface area contributed by atoms with Gasteiger partial charge in [0.05, 0.1) is 17.8 Å². The Morgan fingerprint density at radius 3 is 2.73 bits per heavy atom. The number of pyridine rings is 2. The van der Waals surface area contributed by atoms with Crippen molar-refractivity contribution in [1.29, 1.82) is 0 Å². The number of nitrogens with one attached hydrogen (secondary N) is 1. The lowest BCUT2D eigenvalue weighted by atomic mass is 10.1. The van der Waals surface area contributed by atoms with Gasteiger partial charge in [0.25, 0.3) is 0 Å². The lowest BCUT2D eigenvalue weighted by Gasteiger charge is -2.35. The molecule has 1 N–H and O–H groups in total. The summed E-state index contributed by atoms with van der Waals surface area (Å²) in [5.41, 5.74) is 2.65. The summed E-state index contributed by atoms with van der Waals surface area (Å²) >= 11 is 0. The molecule has 3 aromatic heterocycles. The van der Waals surface area contributed by atoms with Crippen LogP contribution in [0.3, 0.4) is 0 Å². The molecule has 4 heterocycles. The highest BCUT2D eigenvalue weighted by Gasteiger charge is 2.22. The number of anilines is 1. The van der Waals surface area contributed by atoms with Gasteiger partial charge >= 0.3 is 0 Å². The minimum absolute atomic E-state index is 0.0230. The highest BCUT2D eigenvalue weighted by Crippen LogP contribution is 2.30. The van der Waals surface area contributed by atoms with E-state index in [1.54, 1.807) is 12.4 Å². The van der Waals surface area contributed by atoms with Gasteiger partial charge in [-0.3, -0.25) is 9.89 Å². The maximum atomic E-state index is 12.0. The standard InChI is InChI=1S/C21H26N6O3/c1-14(2)30-19-11-16-17(12-23-19)24-25-21(16)15-4-5-22-18(10-15)26-6-8-27(9-7-26)20(28)13-29-3/h4-5,10-12,14H,6-9,13H2,1-3H3,(H,24,25). The monoisotopic (exact) mass is 410 g/mol. The maximum absolute atomic E-state index is 12.0. The minimum atomic E-state index is 0.0230. The highest BCUT2D eigenvalue weighted by atomic mass is 16.5. The van der Waals surface area contributed by atoms with Gasteiger partial charge in [-0.1, -0.05) is 0 Å². The zero-order valence-electron chi connectivity index (χ0n) is 17.5. The molecule has 158 valence electrons. The molecule has 0 aliphatic carbocycles. The number of aromatic nitrogens is 4. The van der Waals surface area contributed by atoms with Gasteiger partial charge in [-0.25, -0.2) is 9.97 Å². The molecule has 0 atom stereocenters. The molecular weight excluding hydrogens is 384 g/mol. The Hall–Kier alpha value is -3.20. The fourth-order valence-electron chi connectivity index (χ4n) is 3.56. The molecule has 1 aliphatic heterocycles. The summed E-state index contributed by atoms with van der Waals surface area (Å²) in [4.78, 5) is 24.9. The second-order valence-electron chi connectivity index (χ2n) is 7.51. The Kier molecular flexibility index (Phi) is 5.80. The largest absolute Gasteiger partial charge is 0.475 e. The SMILES string of the molecule is COCC(=O)N1CCN(c2cc(-c3n[nH]c4cnc(OC(C)C)cc34)ccn2)CC1. The van der Waals surface area contributed by atoms with Crippen molar-refractivity contribution < 1.29 is 14.3 Å². The van der Waals surface area contributed by atoms with E-state index in [-0.39, 0.29) is 18.6 Å². The van der Waals surface area contributed by atoms with Crippen molar-refractivity contribution in [2.45, 2.75) is 20.0 Å². The van der Waals surface area contributed by atoms with Gasteiger partial charge in [-0.2, -0.15) is 5.10 Å². The predicted molar refractivity (Wildman–Crippen MR) is 114 cm³/mol. The van der Waals surface area contributed by atoms with Crippen LogP contribution < -0.4 is 9.64 Å². The number of H-pyrrole nitrogens is 1. The quantitative estimate of drug-likeness (QED) is 0.665. The van der Waals surface area contributed by atoms with Crippen LogP contribution in [0, 0.1) is 0 Å². The molecule has 1 amide bonds. The van der Waals surface area contributed by atoms with Crippen LogP contribution in [0.4, 0.5) is 5.82 Å². The van der Waals surface area contributed by atoms with E-state index in [1.165, 1.54) is 7.11 Å². The fourth-order valence-corrected chi connectivity index (χ4v) is 3.56. The molecule has 0 aromatic carbocycles. The fraction of sp³-hybridized carbons (Fsp3) is 0.429. The van der Waals surface area contributed by atoms with Crippen LogP contribution in [-0.2, 0) is 9.53 Å². The molecule has 0 spiro atoms. The molecule has 1 fully saturated rings. The van der Waals surface area contributed by atoms with Crippen LogP contribution in [0.15, 0.2) is 30.6 Å². The van der Waals surface area contributed by atoms with Gasteiger partial charge < -0.3 is 19.3 Å². The number of methoxy groups -OCH3 is 1. The predicted octanol–water partition coefficient (Wildman–Crippen LogP) is 2.10. The number of carbonyl (C=O) groups is 1. The third kappa shape index (κ3) is 4.20. The van der Waals surface area contributed by atoms with Crippen LogP contribution in [0.1, 0.15) is 13.8 Å². The molecular formula is C21H26N6O3. The molecule has 9 nitrogen and oxygen atoms in total. The number of carbonyl (C=O) groups excluding carboxylic acids is 1. The van der Waals surface area contributed by atoms with E-state index in [2.05, 4.69) is 25.1 Å². The maximum Gasteiger partial charge on any atom is 0.248 e. The number of rotatable bonds is 6. The first kappa shape index (κ1) is 20.1. The second-order valence-corrected chi connectivity index (χ2v) is 7.51. The number of fused-ring (bicyclic) bond motifs is 1. The number of hydrogen-bond acceptors (Lipinski definition) is 7. The van der Waals surface area contributed by atoms with Gasteiger partial charge in [-0.15, -0.1) is 0 Å². The van der Waals surface area contributed by atoms with Gasteiger partial charge in [-0.05, 0) is 26.0 Å². The van der Waals surface area contributed by atoms with E-state index in [0.717, 1.165) is 41.1 Å². The van der Waals surface area contributed by atoms with Crippen LogP contribution in [-0.4, -0.2) is 77.0 Å². The average Bonchev–Trinajstić information content (AvgIpc) is 3.17. The topological polar surface area (TPSA) is 96.5 Å².